The Morgan fingerprint density at radius 2 is 1.24 bits per heavy atom. The quantitative estimate of drug-likeness (QED) is 0.0875. The van der Waals surface area contributed by atoms with E-state index in [1.165, 1.54) is 18.4 Å². The number of Topliss-reactive ketones (excluding diaryl/α,β-unsaturated/α-hetero) is 1. The van der Waals surface area contributed by atoms with Gasteiger partial charge in [0.25, 0.3) is 0 Å². The number of sulfone groups is 2. The Hall–Kier alpha value is -4.26. The largest absolute Gasteiger partial charge is 0.297 e. The number of carbonyl (C=O) groups is 2. The molecule has 0 atom stereocenters. The first-order chi connectivity index (χ1) is 23.5. The average molecular weight is 773 g/mol. The normalized spacial score (nSPS) is 11.4. The van der Waals surface area contributed by atoms with E-state index in [9.17, 15) is 26.4 Å². The number of rotatable bonds is 8. The Morgan fingerprint density at radius 1 is 0.720 bits per heavy atom. The number of benzene rings is 2. The van der Waals surface area contributed by atoms with Gasteiger partial charge >= 0.3 is 0 Å². The minimum absolute atomic E-state index is 0.0247. The van der Waals surface area contributed by atoms with Crippen LogP contribution in [0.5, 0.6) is 0 Å². The van der Waals surface area contributed by atoms with E-state index in [2.05, 4.69) is 15.0 Å². The van der Waals surface area contributed by atoms with Crippen molar-refractivity contribution in [2.45, 2.75) is 30.1 Å². The fraction of sp³-hybridized carbons (Fsp3) is 0.139. The van der Waals surface area contributed by atoms with Gasteiger partial charge in [-0.05, 0) is 79.6 Å². The number of hydrogen-bond donors (Lipinski definition) is 0. The molecule has 50 heavy (non-hydrogen) atoms. The third kappa shape index (κ3) is 12.3. The molecule has 0 amide bonds. The standard InChI is InChI=1S/C18H15ClN2O2S.C15H15NO3S.C3H2Cl2O/c1-12-3-4-14(10-20-12)18-17(9-15(19)11-21-18)13-5-7-16(8-6-13)24(2,22)23;1-11-3-6-13(10-16-11)15(17)9-12-4-7-14(8-5-12)20(2,18)19;4-1-3(5)2-6/h3-11H,1-2H3;3-8,10H,9H2,1-2H3;1-2H/b;;3-1-. The second-order valence-electron chi connectivity index (χ2n) is 10.9. The van der Waals surface area contributed by atoms with E-state index in [-0.39, 0.29) is 27.0 Å². The number of ketones is 1. The van der Waals surface area contributed by atoms with Crippen molar-refractivity contribution in [1.82, 2.24) is 15.0 Å². The molecular weight excluding hydrogens is 741 g/mol. The van der Waals surface area contributed by atoms with Gasteiger partial charge in [0.15, 0.2) is 31.7 Å². The van der Waals surface area contributed by atoms with E-state index in [0.717, 1.165) is 51.1 Å². The molecule has 0 aliphatic carbocycles. The summed E-state index contributed by atoms with van der Waals surface area (Å²) in [6, 6.07) is 22.3. The summed E-state index contributed by atoms with van der Waals surface area (Å²) in [5.41, 5.74) is 7.42. The van der Waals surface area contributed by atoms with Gasteiger partial charge in [-0.2, -0.15) is 0 Å². The summed E-state index contributed by atoms with van der Waals surface area (Å²) in [6.45, 7) is 3.78. The molecule has 0 fully saturated rings. The number of pyridine rings is 3. The van der Waals surface area contributed by atoms with Crippen molar-refractivity contribution in [3.8, 4) is 22.4 Å². The number of aldehydes is 1. The topological polar surface area (TPSA) is 141 Å². The number of nitrogens with zero attached hydrogens (tertiary/aromatic N) is 3. The second kappa shape index (κ2) is 18.1. The highest BCUT2D eigenvalue weighted by Crippen LogP contribution is 2.32. The van der Waals surface area contributed by atoms with Crippen LogP contribution in [0.2, 0.25) is 5.02 Å². The zero-order valence-corrected chi connectivity index (χ0v) is 31.2. The third-order valence-electron chi connectivity index (χ3n) is 6.80. The Kier molecular flexibility index (Phi) is 14.6. The number of aryl methyl sites for hydroxylation is 2. The van der Waals surface area contributed by atoms with Crippen LogP contribution in [0.3, 0.4) is 0 Å². The van der Waals surface area contributed by atoms with E-state index in [4.69, 9.17) is 34.8 Å². The maximum Gasteiger partial charge on any atom is 0.175 e. The third-order valence-corrected chi connectivity index (χ3v) is 9.81. The molecule has 0 spiro atoms. The van der Waals surface area contributed by atoms with Gasteiger partial charge in [-0.3, -0.25) is 24.5 Å². The van der Waals surface area contributed by atoms with Gasteiger partial charge in [0.05, 0.1) is 25.5 Å². The number of halogens is 3. The highest BCUT2D eigenvalue weighted by Gasteiger charge is 2.13. The van der Waals surface area contributed by atoms with E-state index < -0.39 is 19.7 Å². The fourth-order valence-electron chi connectivity index (χ4n) is 4.18. The molecule has 0 N–H and O–H groups in total. The van der Waals surface area contributed by atoms with Gasteiger partial charge in [-0.15, -0.1) is 0 Å². The lowest BCUT2D eigenvalue weighted by Gasteiger charge is -2.10. The van der Waals surface area contributed by atoms with Crippen molar-refractivity contribution in [1.29, 1.82) is 0 Å². The molecule has 0 bridgehead atoms. The van der Waals surface area contributed by atoms with Crippen molar-refractivity contribution in [2.75, 3.05) is 12.5 Å². The summed E-state index contributed by atoms with van der Waals surface area (Å²) in [5.74, 6) is -0.0374. The zero-order valence-electron chi connectivity index (χ0n) is 27.3. The molecule has 0 saturated heterocycles. The van der Waals surface area contributed by atoms with Crippen LogP contribution in [-0.4, -0.2) is 56.4 Å². The lowest BCUT2D eigenvalue weighted by Crippen LogP contribution is -2.05. The van der Waals surface area contributed by atoms with Crippen LogP contribution >= 0.6 is 34.8 Å². The Labute approximate surface area is 306 Å². The van der Waals surface area contributed by atoms with E-state index in [0.29, 0.717) is 16.9 Å². The molecule has 5 aromatic rings. The van der Waals surface area contributed by atoms with E-state index in [1.54, 1.807) is 67.1 Å². The first-order valence-electron chi connectivity index (χ1n) is 14.6. The van der Waals surface area contributed by atoms with Gasteiger partial charge in [-0.25, -0.2) is 16.8 Å². The summed E-state index contributed by atoms with van der Waals surface area (Å²) >= 11 is 16.0. The Bertz CT molecular complexity index is 2190. The van der Waals surface area contributed by atoms with Crippen LogP contribution < -0.4 is 0 Å². The molecule has 0 aliphatic heterocycles. The minimum Gasteiger partial charge on any atom is -0.297 e. The van der Waals surface area contributed by atoms with Crippen molar-refractivity contribution in [3.63, 3.8) is 0 Å². The number of aromatic nitrogens is 3. The highest BCUT2D eigenvalue weighted by molar-refractivity contribution is 7.91. The molecule has 0 unspecified atom stereocenters. The molecule has 260 valence electrons. The highest BCUT2D eigenvalue weighted by atomic mass is 35.5. The van der Waals surface area contributed by atoms with Crippen LogP contribution in [0.25, 0.3) is 22.4 Å². The van der Waals surface area contributed by atoms with Crippen LogP contribution in [0.15, 0.2) is 118 Å². The summed E-state index contributed by atoms with van der Waals surface area (Å²) in [4.78, 5) is 34.9. The Morgan fingerprint density at radius 3 is 1.68 bits per heavy atom. The molecule has 3 aromatic heterocycles. The fourth-order valence-corrected chi connectivity index (χ4v) is 5.65. The maximum atomic E-state index is 12.0. The molecule has 9 nitrogen and oxygen atoms in total. The molecule has 5 rings (SSSR count). The summed E-state index contributed by atoms with van der Waals surface area (Å²) in [7, 11) is -6.43. The van der Waals surface area contributed by atoms with Gasteiger partial charge in [0, 0.05) is 71.1 Å². The summed E-state index contributed by atoms with van der Waals surface area (Å²) in [6.07, 6.45) is 7.95. The van der Waals surface area contributed by atoms with Gasteiger partial charge in [0.1, 0.15) is 0 Å². The van der Waals surface area contributed by atoms with Crippen LogP contribution in [0.1, 0.15) is 27.3 Å². The maximum absolute atomic E-state index is 12.0. The van der Waals surface area contributed by atoms with Crippen molar-refractivity contribution < 1.29 is 26.4 Å². The number of hydrogen-bond acceptors (Lipinski definition) is 9. The zero-order chi connectivity index (χ0) is 37.1. The summed E-state index contributed by atoms with van der Waals surface area (Å²) < 4.78 is 45.9. The van der Waals surface area contributed by atoms with Crippen molar-refractivity contribution in [3.05, 3.63) is 136 Å². The molecule has 14 heteroatoms. The lowest BCUT2D eigenvalue weighted by molar-refractivity contribution is -0.104. The SMILES string of the molecule is Cc1ccc(-c2ncc(Cl)cc2-c2ccc(S(C)(=O)=O)cc2)cn1.Cc1ccc(C(=O)Cc2ccc(S(C)(=O)=O)cc2)cn1.O=C/C(Cl)=C/Cl. The van der Waals surface area contributed by atoms with Crippen LogP contribution in [0, 0.1) is 13.8 Å². The van der Waals surface area contributed by atoms with Gasteiger partial charge in [-0.1, -0.05) is 59.1 Å². The second-order valence-corrected chi connectivity index (χ2v) is 16.0. The molecule has 0 saturated carbocycles. The van der Waals surface area contributed by atoms with Crippen molar-refractivity contribution in [2.24, 2.45) is 0 Å². The van der Waals surface area contributed by atoms with Crippen molar-refractivity contribution >= 4 is 66.5 Å². The van der Waals surface area contributed by atoms with E-state index >= 15 is 0 Å². The predicted molar refractivity (Wildman–Crippen MR) is 198 cm³/mol. The smallest absolute Gasteiger partial charge is 0.175 e. The van der Waals surface area contributed by atoms with Crippen LogP contribution in [0.4, 0.5) is 0 Å². The molecule has 0 aliphatic rings. The van der Waals surface area contributed by atoms with Crippen LogP contribution in [-0.2, 0) is 30.9 Å². The molecule has 3 heterocycles. The van der Waals surface area contributed by atoms with Gasteiger partial charge < -0.3 is 0 Å². The lowest BCUT2D eigenvalue weighted by atomic mass is 10.0. The average Bonchev–Trinajstić information content (AvgIpc) is 3.08. The van der Waals surface area contributed by atoms with E-state index in [1.807, 2.05) is 32.0 Å². The monoisotopic (exact) mass is 771 g/mol. The Balaban J connectivity index is 0.000000236. The predicted octanol–water partition coefficient (Wildman–Crippen LogP) is 7.90. The molecule has 2 aromatic carbocycles. The first-order valence-corrected chi connectivity index (χ1v) is 19.5. The summed E-state index contributed by atoms with van der Waals surface area (Å²) in [5, 5.41) is 0.540. The number of allylic oxidation sites excluding steroid dienone is 1. The molecule has 0 radical (unpaired) electrons. The minimum atomic E-state index is -3.23. The first kappa shape index (κ1) is 40.2. The molecular formula is C36H32Cl3N3O6S2. The number of carbonyl (C=O) groups excluding carboxylic acids is 2. The van der Waals surface area contributed by atoms with Gasteiger partial charge in [0.2, 0.25) is 0 Å².